The number of carbonyl (C=O) groups is 2. The van der Waals surface area contributed by atoms with Crippen molar-refractivity contribution in [1.29, 1.82) is 0 Å². The molecule has 0 fully saturated rings. The van der Waals surface area contributed by atoms with Gasteiger partial charge in [-0.1, -0.05) is 19.9 Å². The summed E-state index contributed by atoms with van der Waals surface area (Å²) in [6, 6.07) is 2.96. The van der Waals surface area contributed by atoms with Crippen molar-refractivity contribution in [3.63, 3.8) is 0 Å². The van der Waals surface area contributed by atoms with Crippen LogP contribution in [0.15, 0.2) is 17.5 Å². The first-order valence-electron chi connectivity index (χ1n) is 5.98. The fourth-order valence-corrected chi connectivity index (χ4v) is 2.44. The van der Waals surface area contributed by atoms with E-state index >= 15 is 0 Å². The van der Waals surface area contributed by atoms with Crippen molar-refractivity contribution in [2.24, 2.45) is 5.92 Å². The Morgan fingerprint density at radius 1 is 1.39 bits per heavy atom. The van der Waals surface area contributed by atoms with Gasteiger partial charge in [0.2, 0.25) is 5.91 Å². The number of hydrogen-bond donors (Lipinski definition) is 2. The minimum absolute atomic E-state index is 0.225. The van der Waals surface area contributed by atoms with Gasteiger partial charge in [-0.15, -0.1) is 11.3 Å². The molecule has 1 aromatic heterocycles. The molecule has 100 valence electrons. The average molecular weight is 269 g/mol. The molecule has 0 aromatic carbocycles. The molecule has 2 atom stereocenters. The quantitative estimate of drug-likeness (QED) is 0.833. The maximum atomic E-state index is 12.0. The van der Waals surface area contributed by atoms with Crippen LogP contribution in [0.5, 0.6) is 0 Å². The van der Waals surface area contributed by atoms with Crippen LogP contribution in [0, 0.1) is 5.92 Å². The molecule has 0 spiro atoms. The number of carbonyl (C=O) groups excluding carboxylic acids is 1. The topological polar surface area (TPSA) is 66.4 Å². The van der Waals surface area contributed by atoms with E-state index in [-0.39, 0.29) is 17.7 Å². The standard InChI is InChI=1S/C13H19NO3S/c1-8(2)7-10(13(16)17)14-12(15)9(3)11-5-4-6-18-11/h4-6,8-10H,7H2,1-3H3,(H,14,15)(H,16,17). The van der Waals surface area contributed by atoms with E-state index in [1.807, 2.05) is 31.4 Å². The van der Waals surface area contributed by atoms with Crippen LogP contribution in [0.2, 0.25) is 0 Å². The lowest BCUT2D eigenvalue weighted by Crippen LogP contribution is -2.43. The second-order valence-electron chi connectivity index (χ2n) is 4.77. The SMILES string of the molecule is CC(C)CC(NC(=O)C(C)c1cccs1)C(=O)O. The molecule has 0 aliphatic heterocycles. The Kier molecular flexibility index (Phi) is 5.34. The number of rotatable bonds is 6. The molecule has 4 nitrogen and oxygen atoms in total. The zero-order valence-corrected chi connectivity index (χ0v) is 11.7. The molecule has 1 amide bonds. The Hall–Kier alpha value is -1.36. The van der Waals surface area contributed by atoms with E-state index in [1.165, 1.54) is 11.3 Å². The van der Waals surface area contributed by atoms with E-state index in [9.17, 15) is 9.59 Å². The van der Waals surface area contributed by atoms with Gasteiger partial charge < -0.3 is 10.4 Å². The van der Waals surface area contributed by atoms with Gasteiger partial charge in [-0.25, -0.2) is 4.79 Å². The molecule has 0 bridgehead atoms. The second kappa shape index (κ2) is 6.54. The normalized spacial score (nSPS) is 14.2. The van der Waals surface area contributed by atoms with Gasteiger partial charge in [0.1, 0.15) is 6.04 Å². The van der Waals surface area contributed by atoms with Crippen LogP contribution in [0.3, 0.4) is 0 Å². The lowest BCUT2D eigenvalue weighted by molar-refractivity contribution is -0.142. The smallest absolute Gasteiger partial charge is 0.326 e. The van der Waals surface area contributed by atoms with E-state index < -0.39 is 12.0 Å². The predicted molar refractivity (Wildman–Crippen MR) is 71.8 cm³/mol. The van der Waals surface area contributed by atoms with Crippen LogP contribution in [-0.4, -0.2) is 23.0 Å². The summed E-state index contributed by atoms with van der Waals surface area (Å²) in [4.78, 5) is 24.0. The first kappa shape index (κ1) is 14.7. The van der Waals surface area contributed by atoms with Gasteiger partial charge in [0.25, 0.3) is 0 Å². The van der Waals surface area contributed by atoms with Crippen molar-refractivity contribution in [2.75, 3.05) is 0 Å². The Labute approximate surface area is 111 Å². The highest BCUT2D eigenvalue weighted by atomic mass is 32.1. The van der Waals surface area contributed by atoms with E-state index in [4.69, 9.17) is 5.11 Å². The van der Waals surface area contributed by atoms with E-state index in [0.29, 0.717) is 6.42 Å². The van der Waals surface area contributed by atoms with Crippen molar-refractivity contribution in [1.82, 2.24) is 5.32 Å². The monoisotopic (exact) mass is 269 g/mol. The summed E-state index contributed by atoms with van der Waals surface area (Å²) in [7, 11) is 0. The highest BCUT2D eigenvalue weighted by Gasteiger charge is 2.24. The molecule has 0 saturated heterocycles. The molecule has 2 unspecified atom stereocenters. The average Bonchev–Trinajstić information content (AvgIpc) is 2.79. The first-order valence-corrected chi connectivity index (χ1v) is 6.86. The molecule has 1 aromatic rings. The van der Waals surface area contributed by atoms with Crippen molar-refractivity contribution in [2.45, 2.75) is 39.2 Å². The summed E-state index contributed by atoms with van der Waals surface area (Å²) in [5, 5.41) is 13.6. The van der Waals surface area contributed by atoms with Gasteiger partial charge in [-0.05, 0) is 30.7 Å². The fourth-order valence-electron chi connectivity index (χ4n) is 1.66. The molecular formula is C13H19NO3S. The Bertz CT molecular complexity index is 400. The number of amides is 1. The molecule has 0 aliphatic carbocycles. The second-order valence-corrected chi connectivity index (χ2v) is 5.75. The third-order valence-electron chi connectivity index (χ3n) is 2.68. The summed E-state index contributed by atoms with van der Waals surface area (Å²) in [6.07, 6.45) is 0.443. The van der Waals surface area contributed by atoms with Crippen LogP contribution in [0.4, 0.5) is 0 Å². The van der Waals surface area contributed by atoms with Gasteiger partial charge in [-0.2, -0.15) is 0 Å². The number of carboxylic acid groups (broad SMARTS) is 1. The maximum Gasteiger partial charge on any atom is 0.326 e. The molecule has 1 rings (SSSR count). The van der Waals surface area contributed by atoms with Crippen molar-refractivity contribution in [3.8, 4) is 0 Å². The lowest BCUT2D eigenvalue weighted by Gasteiger charge is -2.18. The van der Waals surface area contributed by atoms with Crippen LogP contribution in [-0.2, 0) is 9.59 Å². The largest absolute Gasteiger partial charge is 0.480 e. The first-order chi connectivity index (χ1) is 8.41. The number of aliphatic carboxylic acids is 1. The van der Waals surface area contributed by atoms with Gasteiger partial charge in [0.05, 0.1) is 5.92 Å². The minimum Gasteiger partial charge on any atom is -0.480 e. The van der Waals surface area contributed by atoms with E-state index in [0.717, 1.165) is 4.88 Å². The van der Waals surface area contributed by atoms with Crippen LogP contribution >= 0.6 is 11.3 Å². The molecule has 1 heterocycles. The number of hydrogen-bond acceptors (Lipinski definition) is 3. The summed E-state index contributed by atoms with van der Waals surface area (Å²) in [5.74, 6) is -1.29. The summed E-state index contributed by atoms with van der Waals surface area (Å²) in [5.41, 5.74) is 0. The van der Waals surface area contributed by atoms with Crippen molar-refractivity contribution >= 4 is 23.2 Å². The lowest BCUT2D eigenvalue weighted by atomic mass is 10.0. The fraction of sp³-hybridized carbons (Fsp3) is 0.538. The number of nitrogens with one attached hydrogen (secondary N) is 1. The minimum atomic E-state index is -0.976. The summed E-state index contributed by atoms with van der Waals surface area (Å²) < 4.78 is 0. The molecule has 0 aliphatic rings. The molecule has 0 radical (unpaired) electrons. The third-order valence-corrected chi connectivity index (χ3v) is 3.74. The number of carboxylic acids is 1. The van der Waals surface area contributed by atoms with Crippen LogP contribution in [0.25, 0.3) is 0 Å². The van der Waals surface area contributed by atoms with E-state index in [2.05, 4.69) is 5.32 Å². The van der Waals surface area contributed by atoms with Gasteiger partial charge in [-0.3, -0.25) is 4.79 Å². The highest BCUT2D eigenvalue weighted by Crippen LogP contribution is 2.21. The van der Waals surface area contributed by atoms with E-state index in [1.54, 1.807) is 6.92 Å². The molecule has 5 heteroatoms. The molecule has 18 heavy (non-hydrogen) atoms. The Morgan fingerprint density at radius 3 is 2.50 bits per heavy atom. The highest BCUT2D eigenvalue weighted by molar-refractivity contribution is 7.10. The molecule has 0 saturated carbocycles. The van der Waals surface area contributed by atoms with Gasteiger partial charge in [0.15, 0.2) is 0 Å². The molecule has 2 N–H and O–H groups in total. The Morgan fingerprint density at radius 2 is 2.06 bits per heavy atom. The van der Waals surface area contributed by atoms with Gasteiger partial charge in [0, 0.05) is 4.88 Å². The Balaban J connectivity index is 2.64. The summed E-state index contributed by atoms with van der Waals surface area (Å²) >= 11 is 1.50. The zero-order valence-electron chi connectivity index (χ0n) is 10.8. The predicted octanol–water partition coefficient (Wildman–Crippen LogP) is 2.47. The van der Waals surface area contributed by atoms with Crippen LogP contribution in [0.1, 0.15) is 38.0 Å². The zero-order chi connectivity index (χ0) is 13.7. The number of thiophene rings is 1. The van der Waals surface area contributed by atoms with Crippen molar-refractivity contribution < 1.29 is 14.7 Å². The van der Waals surface area contributed by atoms with Gasteiger partial charge >= 0.3 is 5.97 Å². The maximum absolute atomic E-state index is 12.0. The third kappa shape index (κ3) is 4.14. The molecular weight excluding hydrogens is 250 g/mol. The summed E-state index contributed by atoms with van der Waals surface area (Å²) in [6.45, 7) is 5.66. The van der Waals surface area contributed by atoms with Crippen molar-refractivity contribution in [3.05, 3.63) is 22.4 Å². The van der Waals surface area contributed by atoms with Crippen LogP contribution < -0.4 is 5.32 Å².